The number of carbonyl (C=O) groups excluding carboxylic acids is 3. The Hall–Kier alpha value is -3.41. The summed E-state index contributed by atoms with van der Waals surface area (Å²) >= 11 is 0. The first-order chi connectivity index (χ1) is 14.0. The Labute approximate surface area is 168 Å². The molecule has 0 atom stereocenters. The summed E-state index contributed by atoms with van der Waals surface area (Å²) in [6.07, 6.45) is 0.763. The summed E-state index contributed by atoms with van der Waals surface area (Å²) in [6, 6.07) is 12.7. The number of para-hydroxylation sites is 1. The molecule has 3 amide bonds. The van der Waals surface area contributed by atoms with E-state index in [0.717, 1.165) is 22.9 Å². The molecule has 146 valence electrons. The van der Waals surface area contributed by atoms with Gasteiger partial charge in [0.2, 0.25) is 0 Å². The molecule has 0 fully saturated rings. The Morgan fingerprint density at radius 3 is 2.59 bits per heavy atom. The molecule has 2 aliphatic heterocycles. The number of carbonyl (C=O) groups is 3. The molecule has 2 aliphatic rings. The summed E-state index contributed by atoms with van der Waals surface area (Å²) in [6.45, 7) is 4.75. The lowest BCUT2D eigenvalue weighted by Crippen LogP contribution is -2.36. The van der Waals surface area contributed by atoms with Gasteiger partial charge < -0.3 is 9.88 Å². The van der Waals surface area contributed by atoms with Gasteiger partial charge in [-0.3, -0.25) is 19.3 Å². The molecule has 6 nitrogen and oxygen atoms in total. The summed E-state index contributed by atoms with van der Waals surface area (Å²) in [7, 11) is 0. The van der Waals surface area contributed by atoms with Crippen molar-refractivity contribution in [1.29, 1.82) is 0 Å². The predicted molar refractivity (Wildman–Crippen MR) is 109 cm³/mol. The molecule has 0 spiro atoms. The number of nitrogens with one attached hydrogen (secondary N) is 1. The van der Waals surface area contributed by atoms with E-state index >= 15 is 0 Å². The molecule has 29 heavy (non-hydrogen) atoms. The van der Waals surface area contributed by atoms with Gasteiger partial charge in [0, 0.05) is 53.3 Å². The van der Waals surface area contributed by atoms with Gasteiger partial charge in [-0.15, -0.1) is 0 Å². The minimum Gasteiger partial charge on any atom is -0.358 e. The van der Waals surface area contributed by atoms with Crippen molar-refractivity contribution >= 4 is 28.6 Å². The van der Waals surface area contributed by atoms with Crippen LogP contribution in [0.5, 0.6) is 0 Å². The standard InChI is InChI=1S/C23H21N3O3/c1-13(2)26-22(28)16-8-7-14(11-17(16)23(26)29)21(27)25-10-9-20-18(12-25)15-5-3-4-6-19(15)24-20/h3-8,11,13,24H,9-10,12H2,1-2H3. The van der Waals surface area contributed by atoms with Gasteiger partial charge in [0.25, 0.3) is 17.7 Å². The lowest BCUT2D eigenvalue weighted by Gasteiger charge is -2.27. The smallest absolute Gasteiger partial charge is 0.261 e. The van der Waals surface area contributed by atoms with Crippen LogP contribution in [0.1, 0.15) is 56.2 Å². The maximum Gasteiger partial charge on any atom is 0.261 e. The quantitative estimate of drug-likeness (QED) is 0.685. The molecule has 0 saturated carbocycles. The van der Waals surface area contributed by atoms with E-state index in [0.29, 0.717) is 29.8 Å². The molecule has 0 radical (unpaired) electrons. The molecule has 1 N–H and O–H groups in total. The highest BCUT2D eigenvalue weighted by Gasteiger charge is 2.38. The third-order valence-corrected chi connectivity index (χ3v) is 5.85. The van der Waals surface area contributed by atoms with E-state index in [4.69, 9.17) is 0 Å². The molecule has 0 bridgehead atoms. The summed E-state index contributed by atoms with van der Waals surface area (Å²) in [5.41, 5.74) is 4.55. The zero-order chi connectivity index (χ0) is 20.3. The van der Waals surface area contributed by atoms with Crippen LogP contribution in [0.4, 0.5) is 0 Å². The largest absolute Gasteiger partial charge is 0.358 e. The van der Waals surface area contributed by atoms with Crippen molar-refractivity contribution in [1.82, 2.24) is 14.8 Å². The second kappa shape index (κ2) is 6.30. The van der Waals surface area contributed by atoms with Crippen LogP contribution in [-0.4, -0.2) is 45.1 Å². The van der Waals surface area contributed by atoms with E-state index in [-0.39, 0.29) is 23.8 Å². The molecule has 0 saturated heterocycles. The maximum atomic E-state index is 13.2. The number of hydrogen-bond acceptors (Lipinski definition) is 3. The van der Waals surface area contributed by atoms with Crippen LogP contribution < -0.4 is 0 Å². The van der Waals surface area contributed by atoms with E-state index in [1.54, 1.807) is 32.0 Å². The highest BCUT2D eigenvalue weighted by molar-refractivity contribution is 6.22. The topological polar surface area (TPSA) is 73.5 Å². The van der Waals surface area contributed by atoms with Crippen molar-refractivity contribution in [2.24, 2.45) is 0 Å². The number of fused-ring (bicyclic) bond motifs is 4. The molecule has 3 aromatic rings. The molecule has 6 heteroatoms. The van der Waals surface area contributed by atoms with Crippen molar-refractivity contribution in [2.75, 3.05) is 6.54 Å². The molecule has 0 unspecified atom stereocenters. The summed E-state index contributed by atoms with van der Waals surface area (Å²) in [5, 5.41) is 1.14. The average Bonchev–Trinajstić information content (AvgIpc) is 3.21. The molecular weight excluding hydrogens is 366 g/mol. The second-order valence-corrected chi connectivity index (χ2v) is 7.94. The van der Waals surface area contributed by atoms with E-state index < -0.39 is 0 Å². The number of nitrogens with zero attached hydrogens (tertiary/aromatic N) is 2. The van der Waals surface area contributed by atoms with Gasteiger partial charge in [0.05, 0.1) is 11.1 Å². The third-order valence-electron chi connectivity index (χ3n) is 5.85. The van der Waals surface area contributed by atoms with Crippen LogP contribution in [0.25, 0.3) is 10.9 Å². The van der Waals surface area contributed by atoms with Crippen LogP contribution in [0.15, 0.2) is 42.5 Å². The predicted octanol–water partition coefficient (Wildman–Crippen LogP) is 3.37. The molecule has 5 rings (SSSR count). The van der Waals surface area contributed by atoms with Gasteiger partial charge >= 0.3 is 0 Å². The highest BCUT2D eigenvalue weighted by atomic mass is 16.2. The first kappa shape index (κ1) is 17.7. The molecular formula is C23H21N3O3. The number of benzene rings is 2. The van der Waals surface area contributed by atoms with Crippen LogP contribution in [-0.2, 0) is 13.0 Å². The zero-order valence-corrected chi connectivity index (χ0v) is 16.4. The minimum atomic E-state index is -0.327. The van der Waals surface area contributed by atoms with Crippen molar-refractivity contribution in [2.45, 2.75) is 32.9 Å². The van der Waals surface area contributed by atoms with Crippen LogP contribution in [0.2, 0.25) is 0 Å². The van der Waals surface area contributed by atoms with E-state index in [2.05, 4.69) is 11.1 Å². The maximum absolute atomic E-state index is 13.2. The Kier molecular flexibility index (Phi) is 3.84. The Balaban J connectivity index is 1.46. The first-order valence-electron chi connectivity index (χ1n) is 9.85. The minimum absolute atomic E-state index is 0.119. The summed E-state index contributed by atoms with van der Waals surface area (Å²) in [5.74, 6) is -0.736. The fourth-order valence-electron chi connectivity index (χ4n) is 4.38. The van der Waals surface area contributed by atoms with Gasteiger partial charge in [-0.1, -0.05) is 18.2 Å². The summed E-state index contributed by atoms with van der Waals surface area (Å²) in [4.78, 5) is 44.8. The van der Waals surface area contributed by atoms with Crippen molar-refractivity contribution in [3.8, 4) is 0 Å². The van der Waals surface area contributed by atoms with Gasteiger partial charge in [-0.2, -0.15) is 0 Å². The molecule has 1 aromatic heterocycles. The molecule has 2 aromatic carbocycles. The molecule has 0 aliphatic carbocycles. The van der Waals surface area contributed by atoms with Crippen molar-refractivity contribution in [3.63, 3.8) is 0 Å². The monoisotopic (exact) mass is 387 g/mol. The van der Waals surface area contributed by atoms with Crippen molar-refractivity contribution in [3.05, 3.63) is 70.4 Å². The number of aromatic nitrogens is 1. The van der Waals surface area contributed by atoms with Crippen molar-refractivity contribution < 1.29 is 14.4 Å². The lowest BCUT2D eigenvalue weighted by molar-refractivity contribution is 0.0608. The number of hydrogen-bond donors (Lipinski definition) is 1. The Morgan fingerprint density at radius 2 is 1.79 bits per heavy atom. The van der Waals surface area contributed by atoms with Gasteiger partial charge in [-0.25, -0.2) is 0 Å². The number of H-pyrrole nitrogens is 1. The van der Waals surface area contributed by atoms with Crippen LogP contribution in [0, 0.1) is 0 Å². The van der Waals surface area contributed by atoms with Crippen LogP contribution in [0.3, 0.4) is 0 Å². The fraction of sp³-hybridized carbons (Fsp3) is 0.261. The SMILES string of the molecule is CC(C)N1C(=O)c2ccc(C(=O)N3CCc4[nH]c5ccccc5c4C3)cc2C1=O. The van der Waals surface area contributed by atoms with Gasteiger partial charge in [-0.05, 0) is 38.1 Å². The Morgan fingerprint density at radius 1 is 1.03 bits per heavy atom. The molecule has 3 heterocycles. The Bertz CT molecular complexity index is 1190. The average molecular weight is 387 g/mol. The highest BCUT2D eigenvalue weighted by Crippen LogP contribution is 2.30. The van der Waals surface area contributed by atoms with E-state index in [1.165, 1.54) is 10.6 Å². The van der Waals surface area contributed by atoms with Gasteiger partial charge in [0.1, 0.15) is 0 Å². The van der Waals surface area contributed by atoms with Gasteiger partial charge in [0.15, 0.2) is 0 Å². The summed E-state index contributed by atoms with van der Waals surface area (Å²) < 4.78 is 0. The number of aromatic amines is 1. The second-order valence-electron chi connectivity index (χ2n) is 7.94. The fourth-order valence-corrected chi connectivity index (χ4v) is 4.38. The number of rotatable bonds is 2. The third kappa shape index (κ3) is 2.59. The van der Waals surface area contributed by atoms with E-state index in [1.807, 2.05) is 23.1 Å². The zero-order valence-electron chi connectivity index (χ0n) is 16.4. The number of amides is 3. The van der Waals surface area contributed by atoms with Crippen LogP contribution >= 0.6 is 0 Å². The normalized spacial score (nSPS) is 16.0. The first-order valence-corrected chi connectivity index (χ1v) is 9.85. The lowest BCUT2D eigenvalue weighted by atomic mass is 10.0. The number of imide groups is 1. The van der Waals surface area contributed by atoms with E-state index in [9.17, 15) is 14.4 Å².